The number of halogens is 2. The number of nitrogens with zero attached hydrogens (tertiary/aromatic N) is 5. The number of piperidine rings is 1. The number of aliphatic imine (C=N–C) groups is 1. The standard InChI is InChI=1S/C39H47Cl2N5O3/c1-7-49-32-24-33(37(2,3)4)42-25-31(32)34-43-38(5,27-10-14-29(40)15-11-27)39(6,28-12-16-30(41)17-13-28)46(34)36(48)45-22-18-26(19-23-45)35(47)44-20-8-9-21-44/h10-17,24-26H,7-9,18-23H2,1-6H3/t38-,39+/m0/s1. The lowest BCUT2D eigenvalue weighted by Crippen LogP contribution is -2.59. The smallest absolute Gasteiger partial charge is 0.326 e. The highest BCUT2D eigenvalue weighted by Crippen LogP contribution is 2.54. The van der Waals surface area contributed by atoms with E-state index in [2.05, 4.69) is 34.6 Å². The Labute approximate surface area is 300 Å². The minimum atomic E-state index is -1.02. The van der Waals surface area contributed by atoms with E-state index in [-0.39, 0.29) is 23.3 Å². The van der Waals surface area contributed by atoms with Crippen LogP contribution in [0.15, 0.2) is 65.8 Å². The van der Waals surface area contributed by atoms with Crippen LogP contribution in [-0.2, 0) is 21.3 Å². The van der Waals surface area contributed by atoms with Gasteiger partial charge in [0.15, 0.2) is 0 Å². The number of rotatable bonds is 6. The summed E-state index contributed by atoms with van der Waals surface area (Å²) >= 11 is 12.8. The van der Waals surface area contributed by atoms with Gasteiger partial charge >= 0.3 is 6.03 Å². The predicted molar refractivity (Wildman–Crippen MR) is 196 cm³/mol. The van der Waals surface area contributed by atoms with Gasteiger partial charge in [0.2, 0.25) is 5.91 Å². The van der Waals surface area contributed by atoms with Crippen molar-refractivity contribution in [1.82, 2.24) is 19.7 Å². The van der Waals surface area contributed by atoms with Crippen LogP contribution < -0.4 is 4.74 Å². The van der Waals surface area contributed by atoms with Gasteiger partial charge in [0, 0.05) is 65.5 Å². The van der Waals surface area contributed by atoms with E-state index in [9.17, 15) is 4.79 Å². The molecule has 0 spiro atoms. The molecule has 2 fully saturated rings. The molecule has 3 aliphatic heterocycles. The number of hydrogen-bond acceptors (Lipinski definition) is 5. The summed E-state index contributed by atoms with van der Waals surface area (Å²) in [5, 5.41) is 1.21. The number of pyridine rings is 1. The Kier molecular flexibility index (Phi) is 9.77. The van der Waals surface area contributed by atoms with Crippen molar-refractivity contribution >= 4 is 41.0 Å². The van der Waals surface area contributed by atoms with Crippen molar-refractivity contribution in [3.63, 3.8) is 0 Å². The molecule has 0 unspecified atom stereocenters. The van der Waals surface area contributed by atoms with Crippen LogP contribution in [0.5, 0.6) is 5.75 Å². The summed E-state index contributed by atoms with van der Waals surface area (Å²) in [7, 11) is 0. The average Bonchev–Trinajstić information content (AvgIpc) is 3.70. The van der Waals surface area contributed by atoms with Crippen molar-refractivity contribution in [2.45, 2.75) is 83.7 Å². The zero-order chi connectivity index (χ0) is 35.1. The summed E-state index contributed by atoms with van der Waals surface area (Å²) < 4.78 is 6.28. The zero-order valence-electron chi connectivity index (χ0n) is 29.4. The van der Waals surface area contributed by atoms with Gasteiger partial charge in [-0.25, -0.2) is 4.79 Å². The molecule has 6 rings (SSSR count). The topological polar surface area (TPSA) is 78.3 Å². The molecule has 3 amide bonds. The quantitative estimate of drug-likeness (QED) is 0.258. The number of likely N-dealkylation sites (tertiary alicyclic amines) is 2. The molecule has 0 saturated carbocycles. The molecule has 0 radical (unpaired) electrons. The van der Waals surface area contributed by atoms with Crippen LogP contribution in [-0.4, -0.2) is 70.2 Å². The van der Waals surface area contributed by atoms with Crippen molar-refractivity contribution in [2.75, 3.05) is 32.8 Å². The van der Waals surface area contributed by atoms with Gasteiger partial charge in [-0.3, -0.25) is 19.7 Å². The van der Waals surface area contributed by atoms with E-state index in [4.69, 9.17) is 37.9 Å². The first-order valence-corrected chi connectivity index (χ1v) is 18.2. The second kappa shape index (κ2) is 13.6. The molecule has 2 atom stereocenters. The Morgan fingerprint density at radius 3 is 2.00 bits per heavy atom. The summed E-state index contributed by atoms with van der Waals surface area (Å²) in [6.45, 7) is 15.5. The lowest BCUT2D eigenvalue weighted by Gasteiger charge is -2.47. The van der Waals surface area contributed by atoms with Gasteiger partial charge in [0.1, 0.15) is 22.7 Å². The van der Waals surface area contributed by atoms with Crippen molar-refractivity contribution in [1.29, 1.82) is 0 Å². The van der Waals surface area contributed by atoms with E-state index in [0.717, 1.165) is 42.8 Å². The molecule has 0 N–H and O–H groups in total. The maximum Gasteiger partial charge on any atom is 0.326 e. The van der Waals surface area contributed by atoms with E-state index in [0.29, 0.717) is 59.7 Å². The Balaban J connectivity index is 1.49. The molecule has 3 aromatic rings. The molecule has 0 aliphatic carbocycles. The highest BCUT2D eigenvalue weighted by Gasteiger charge is 2.60. The fourth-order valence-electron chi connectivity index (χ4n) is 7.51. The number of aromatic nitrogens is 1. The number of amidine groups is 1. The molecule has 2 saturated heterocycles. The van der Waals surface area contributed by atoms with E-state index in [1.807, 2.05) is 76.2 Å². The highest BCUT2D eigenvalue weighted by atomic mass is 35.5. The number of carbonyl (C=O) groups is 2. The monoisotopic (exact) mass is 703 g/mol. The maximum absolute atomic E-state index is 15.2. The lowest BCUT2D eigenvalue weighted by molar-refractivity contribution is -0.135. The molecule has 8 nitrogen and oxygen atoms in total. The molecule has 2 aromatic carbocycles. The summed E-state index contributed by atoms with van der Waals surface area (Å²) in [6.07, 6.45) is 5.16. The van der Waals surface area contributed by atoms with Crippen LogP contribution in [0.2, 0.25) is 10.0 Å². The molecular weight excluding hydrogens is 657 g/mol. The number of ether oxygens (including phenoxy) is 1. The molecule has 0 bridgehead atoms. The minimum Gasteiger partial charge on any atom is -0.493 e. The average molecular weight is 705 g/mol. The number of carbonyl (C=O) groups excluding carboxylic acids is 2. The first-order chi connectivity index (χ1) is 23.3. The van der Waals surface area contributed by atoms with Gasteiger partial charge in [0.05, 0.1) is 12.2 Å². The van der Waals surface area contributed by atoms with Gasteiger partial charge < -0.3 is 14.5 Å². The fraction of sp³-hybridized carbons (Fsp3) is 0.487. The molecule has 4 heterocycles. The Morgan fingerprint density at radius 2 is 1.45 bits per heavy atom. The Morgan fingerprint density at radius 1 is 0.878 bits per heavy atom. The predicted octanol–water partition coefficient (Wildman–Crippen LogP) is 8.43. The van der Waals surface area contributed by atoms with Crippen molar-refractivity contribution in [3.05, 3.63) is 93.2 Å². The van der Waals surface area contributed by atoms with E-state index >= 15 is 4.79 Å². The summed E-state index contributed by atoms with van der Waals surface area (Å²) in [5.41, 5.74) is 1.08. The third-order valence-electron chi connectivity index (χ3n) is 10.6. The second-order valence-corrected chi connectivity index (χ2v) is 15.6. The number of amides is 3. The Bertz CT molecular complexity index is 1720. The first kappa shape index (κ1) is 35.2. The number of urea groups is 1. The fourth-order valence-corrected chi connectivity index (χ4v) is 7.76. The van der Waals surface area contributed by atoms with Crippen LogP contribution in [0.1, 0.15) is 89.6 Å². The third-order valence-corrected chi connectivity index (χ3v) is 11.2. The van der Waals surface area contributed by atoms with Crippen molar-refractivity contribution < 1.29 is 14.3 Å². The summed E-state index contributed by atoms with van der Waals surface area (Å²) in [5.74, 6) is 1.24. The van der Waals surface area contributed by atoms with Crippen molar-refractivity contribution in [2.24, 2.45) is 10.9 Å². The van der Waals surface area contributed by atoms with Crippen LogP contribution in [0.25, 0.3) is 0 Å². The summed E-state index contributed by atoms with van der Waals surface area (Å²) in [4.78, 5) is 44.6. The molecule has 1 aromatic heterocycles. The second-order valence-electron chi connectivity index (χ2n) is 14.8. The zero-order valence-corrected chi connectivity index (χ0v) is 30.9. The van der Waals surface area contributed by atoms with Crippen molar-refractivity contribution in [3.8, 4) is 5.75 Å². The minimum absolute atomic E-state index is 0.0745. The van der Waals surface area contributed by atoms with E-state index in [1.165, 1.54) is 0 Å². The van der Waals surface area contributed by atoms with E-state index < -0.39 is 11.1 Å². The molecule has 260 valence electrons. The number of hydrogen-bond donors (Lipinski definition) is 0. The molecular formula is C39H47Cl2N5O3. The van der Waals surface area contributed by atoms with Gasteiger partial charge in [-0.05, 0) is 81.8 Å². The SMILES string of the molecule is CCOc1cc(C(C)(C)C)ncc1C1=N[C@@](C)(c2ccc(Cl)cc2)[C@@](C)(c2ccc(Cl)cc2)N1C(=O)N1CCC(C(=O)N2CCCC2)CC1. The molecule has 10 heteroatoms. The van der Waals surface area contributed by atoms with E-state index in [1.54, 1.807) is 6.20 Å². The normalized spacial score (nSPS) is 23.2. The highest BCUT2D eigenvalue weighted by molar-refractivity contribution is 6.30. The van der Waals surface area contributed by atoms with Gasteiger partial charge in [-0.1, -0.05) is 68.2 Å². The van der Waals surface area contributed by atoms with Crippen LogP contribution >= 0.6 is 23.2 Å². The molecule has 3 aliphatic rings. The lowest BCUT2D eigenvalue weighted by atomic mass is 9.71. The summed E-state index contributed by atoms with van der Waals surface area (Å²) in [6, 6.07) is 17.1. The van der Waals surface area contributed by atoms with Gasteiger partial charge in [-0.2, -0.15) is 0 Å². The Hall–Kier alpha value is -3.62. The largest absolute Gasteiger partial charge is 0.493 e. The first-order valence-electron chi connectivity index (χ1n) is 17.4. The van der Waals surface area contributed by atoms with Crippen LogP contribution in [0.4, 0.5) is 4.79 Å². The van der Waals surface area contributed by atoms with Gasteiger partial charge in [-0.15, -0.1) is 0 Å². The molecule has 49 heavy (non-hydrogen) atoms. The van der Waals surface area contributed by atoms with Crippen LogP contribution in [0, 0.1) is 5.92 Å². The third kappa shape index (κ3) is 6.43. The van der Waals surface area contributed by atoms with Crippen LogP contribution in [0.3, 0.4) is 0 Å². The van der Waals surface area contributed by atoms with Gasteiger partial charge in [0.25, 0.3) is 0 Å². The number of benzene rings is 2. The maximum atomic E-state index is 15.2.